The Morgan fingerprint density at radius 2 is 2.00 bits per heavy atom. The molecule has 0 spiro atoms. The molecule has 23 heavy (non-hydrogen) atoms. The smallest absolute Gasteiger partial charge is 0.316 e. The van der Waals surface area contributed by atoms with Gasteiger partial charge in [-0.1, -0.05) is 0 Å². The van der Waals surface area contributed by atoms with Crippen molar-refractivity contribution in [1.29, 1.82) is 0 Å². The highest BCUT2D eigenvalue weighted by Crippen LogP contribution is 2.21. The fourth-order valence-corrected chi connectivity index (χ4v) is 2.37. The Morgan fingerprint density at radius 1 is 1.22 bits per heavy atom. The van der Waals surface area contributed by atoms with E-state index in [4.69, 9.17) is 9.47 Å². The number of anilines is 2. The van der Waals surface area contributed by atoms with Crippen LogP contribution in [0.15, 0.2) is 24.7 Å². The summed E-state index contributed by atoms with van der Waals surface area (Å²) >= 11 is 0. The minimum absolute atomic E-state index is 0.0232. The number of nitrogens with zero attached hydrogens (tertiary/aromatic N) is 6. The predicted octanol–water partition coefficient (Wildman–Crippen LogP) is 0.999. The molecule has 0 aliphatic carbocycles. The second kappa shape index (κ2) is 6.64. The molecule has 3 heterocycles. The Morgan fingerprint density at radius 3 is 2.70 bits per heavy atom. The third-order valence-corrected chi connectivity index (χ3v) is 3.63. The lowest BCUT2D eigenvalue weighted by Crippen LogP contribution is -2.27. The summed E-state index contributed by atoms with van der Waals surface area (Å²) in [4.78, 5) is 21.2. The molecule has 0 N–H and O–H groups in total. The van der Waals surface area contributed by atoms with E-state index in [1.54, 1.807) is 25.7 Å². The molecule has 0 radical (unpaired) electrons. The van der Waals surface area contributed by atoms with Crippen LogP contribution < -0.4 is 19.3 Å². The third kappa shape index (κ3) is 3.58. The van der Waals surface area contributed by atoms with Gasteiger partial charge in [-0.25, -0.2) is 4.98 Å². The number of ether oxygens (including phenoxy) is 2. The fourth-order valence-electron chi connectivity index (χ4n) is 2.37. The Bertz CT molecular complexity index is 649. The zero-order valence-electron chi connectivity index (χ0n) is 13.5. The van der Waals surface area contributed by atoms with Gasteiger partial charge < -0.3 is 19.3 Å². The molecule has 1 unspecified atom stereocenters. The lowest BCUT2D eigenvalue weighted by Gasteiger charge is -2.18. The normalized spacial score (nSPS) is 17.2. The molecule has 1 aliphatic rings. The number of aromatic nitrogens is 4. The first-order valence-electron chi connectivity index (χ1n) is 7.43. The molecule has 2 aromatic heterocycles. The highest BCUT2D eigenvalue weighted by Gasteiger charge is 2.26. The molecule has 122 valence electrons. The van der Waals surface area contributed by atoms with E-state index in [-0.39, 0.29) is 6.10 Å². The standard InChI is InChI=1S/C15H20N6O2/c1-20(2)13-4-6-16-14(19-13)21-7-5-11(10-21)23-15-17-8-12(22-3)9-18-15/h4,6,8-9,11H,5,7,10H2,1-3H3. The van der Waals surface area contributed by atoms with Crippen LogP contribution in [-0.4, -0.2) is 60.3 Å². The van der Waals surface area contributed by atoms with E-state index in [0.717, 1.165) is 24.7 Å². The number of methoxy groups -OCH3 is 1. The van der Waals surface area contributed by atoms with Crippen molar-refractivity contribution < 1.29 is 9.47 Å². The average Bonchev–Trinajstić information content (AvgIpc) is 3.04. The maximum Gasteiger partial charge on any atom is 0.316 e. The summed E-state index contributed by atoms with van der Waals surface area (Å²) in [6.45, 7) is 1.56. The Balaban J connectivity index is 1.62. The summed E-state index contributed by atoms with van der Waals surface area (Å²) in [5.41, 5.74) is 0. The van der Waals surface area contributed by atoms with Gasteiger partial charge in [0.25, 0.3) is 0 Å². The van der Waals surface area contributed by atoms with Crippen molar-refractivity contribution in [3.05, 3.63) is 24.7 Å². The maximum absolute atomic E-state index is 5.82. The largest absolute Gasteiger partial charge is 0.494 e. The van der Waals surface area contributed by atoms with Crippen molar-refractivity contribution in [2.45, 2.75) is 12.5 Å². The zero-order valence-corrected chi connectivity index (χ0v) is 13.5. The van der Waals surface area contributed by atoms with Crippen molar-refractivity contribution >= 4 is 11.8 Å². The fraction of sp³-hybridized carbons (Fsp3) is 0.467. The Kier molecular flexibility index (Phi) is 4.40. The van der Waals surface area contributed by atoms with E-state index >= 15 is 0 Å². The minimum atomic E-state index is 0.0232. The van der Waals surface area contributed by atoms with E-state index in [0.29, 0.717) is 18.3 Å². The van der Waals surface area contributed by atoms with E-state index in [9.17, 15) is 0 Å². The molecular formula is C15H20N6O2. The first-order valence-corrected chi connectivity index (χ1v) is 7.43. The summed E-state index contributed by atoms with van der Waals surface area (Å²) < 4.78 is 10.9. The van der Waals surface area contributed by atoms with Gasteiger partial charge in [-0.3, -0.25) is 0 Å². The molecule has 1 fully saturated rings. The van der Waals surface area contributed by atoms with E-state index in [2.05, 4.69) is 24.8 Å². The highest BCUT2D eigenvalue weighted by molar-refractivity contribution is 5.43. The second-order valence-electron chi connectivity index (χ2n) is 5.49. The number of rotatable bonds is 5. The molecule has 8 nitrogen and oxygen atoms in total. The maximum atomic E-state index is 5.82. The van der Waals surface area contributed by atoms with Crippen molar-refractivity contribution in [2.75, 3.05) is 44.1 Å². The molecular weight excluding hydrogens is 296 g/mol. The third-order valence-electron chi connectivity index (χ3n) is 3.63. The summed E-state index contributed by atoms with van der Waals surface area (Å²) in [7, 11) is 5.50. The van der Waals surface area contributed by atoms with Crippen LogP contribution in [0.4, 0.5) is 11.8 Å². The summed E-state index contributed by atoms with van der Waals surface area (Å²) in [6, 6.07) is 2.25. The first kappa shape index (κ1) is 15.3. The zero-order chi connectivity index (χ0) is 16.2. The van der Waals surface area contributed by atoms with Crippen LogP contribution in [0.2, 0.25) is 0 Å². The van der Waals surface area contributed by atoms with Gasteiger partial charge >= 0.3 is 6.01 Å². The van der Waals surface area contributed by atoms with Crippen LogP contribution in [0.25, 0.3) is 0 Å². The molecule has 1 atom stereocenters. The van der Waals surface area contributed by atoms with Gasteiger partial charge in [-0.05, 0) is 6.07 Å². The van der Waals surface area contributed by atoms with E-state index in [1.165, 1.54) is 0 Å². The topological polar surface area (TPSA) is 76.5 Å². The van der Waals surface area contributed by atoms with Gasteiger partial charge in [0, 0.05) is 33.3 Å². The second-order valence-corrected chi connectivity index (χ2v) is 5.49. The molecule has 0 saturated carbocycles. The average molecular weight is 316 g/mol. The lowest BCUT2D eigenvalue weighted by molar-refractivity contribution is 0.205. The van der Waals surface area contributed by atoms with Gasteiger partial charge in [0.1, 0.15) is 11.9 Å². The summed E-state index contributed by atoms with van der Waals surface area (Å²) in [5.74, 6) is 2.22. The molecule has 0 bridgehead atoms. The Labute approximate surface area is 135 Å². The SMILES string of the molecule is COc1cnc(OC2CCN(c3nccc(N(C)C)n3)C2)nc1. The quantitative estimate of drug-likeness (QED) is 0.808. The van der Waals surface area contributed by atoms with Crippen LogP contribution in [0.3, 0.4) is 0 Å². The van der Waals surface area contributed by atoms with E-state index in [1.807, 2.05) is 25.1 Å². The van der Waals surface area contributed by atoms with E-state index < -0.39 is 0 Å². The molecule has 1 aliphatic heterocycles. The van der Waals surface area contributed by atoms with Crippen LogP contribution in [0.5, 0.6) is 11.8 Å². The lowest BCUT2D eigenvalue weighted by atomic mass is 10.3. The van der Waals surface area contributed by atoms with Gasteiger partial charge in [0.15, 0.2) is 5.75 Å². The van der Waals surface area contributed by atoms with Gasteiger partial charge in [0.2, 0.25) is 5.95 Å². The summed E-state index contributed by atoms with van der Waals surface area (Å²) in [6.07, 6.45) is 5.87. The van der Waals surface area contributed by atoms with Gasteiger partial charge in [-0.15, -0.1) is 0 Å². The predicted molar refractivity (Wildman–Crippen MR) is 86.2 cm³/mol. The van der Waals surface area contributed by atoms with Crippen LogP contribution in [-0.2, 0) is 0 Å². The molecule has 1 saturated heterocycles. The van der Waals surface area contributed by atoms with Gasteiger partial charge in [0.05, 0.1) is 26.0 Å². The van der Waals surface area contributed by atoms with Crippen molar-refractivity contribution in [1.82, 2.24) is 19.9 Å². The summed E-state index contributed by atoms with van der Waals surface area (Å²) in [5, 5.41) is 0. The van der Waals surface area contributed by atoms with Crippen molar-refractivity contribution in [3.63, 3.8) is 0 Å². The molecule has 3 rings (SSSR count). The number of hydrogen-bond acceptors (Lipinski definition) is 8. The molecule has 2 aromatic rings. The van der Waals surface area contributed by atoms with Crippen molar-refractivity contribution in [2.24, 2.45) is 0 Å². The van der Waals surface area contributed by atoms with Crippen LogP contribution in [0.1, 0.15) is 6.42 Å². The van der Waals surface area contributed by atoms with Gasteiger partial charge in [-0.2, -0.15) is 15.0 Å². The monoisotopic (exact) mass is 316 g/mol. The molecule has 0 amide bonds. The number of hydrogen-bond donors (Lipinski definition) is 0. The Hall–Kier alpha value is -2.64. The minimum Gasteiger partial charge on any atom is -0.494 e. The molecule has 0 aromatic carbocycles. The first-order chi connectivity index (χ1) is 11.2. The highest BCUT2D eigenvalue weighted by atomic mass is 16.5. The van der Waals surface area contributed by atoms with Crippen molar-refractivity contribution in [3.8, 4) is 11.8 Å². The molecule has 8 heteroatoms. The van der Waals surface area contributed by atoms with Crippen LogP contribution >= 0.6 is 0 Å². The van der Waals surface area contributed by atoms with Crippen LogP contribution in [0, 0.1) is 0 Å².